The van der Waals surface area contributed by atoms with Crippen molar-refractivity contribution in [1.29, 1.82) is 0 Å². The summed E-state index contributed by atoms with van der Waals surface area (Å²) in [6.45, 7) is 4.35. The third-order valence-corrected chi connectivity index (χ3v) is 4.35. The maximum absolute atomic E-state index is 13.1. The van der Waals surface area contributed by atoms with Gasteiger partial charge < -0.3 is 5.32 Å². The fourth-order valence-corrected chi connectivity index (χ4v) is 3.28. The molecule has 0 spiro atoms. The molecule has 0 aromatic heterocycles. The quantitative estimate of drug-likeness (QED) is 0.706. The normalized spacial score (nSPS) is 22.6. The molecule has 1 aliphatic carbocycles. The Balaban J connectivity index is 2.21. The van der Waals surface area contributed by atoms with Gasteiger partial charge in [0.1, 0.15) is 0 Å². The van der Waals surface area contributed by atoms with Gasteiger partial charge in [0, 0.05) is 16.2 Å². The first-order chi connectivity index (χ1) is 9.17. The molecule has 1 fully saturated rings. The molecule has 0 aliphatic heterocycles. The second-order valence-electron chi connectivity index (χ2n) is 6.29. The molecule has 1 aromatic rings. The first-order valence-corrected chi connectivity index (χ1v) is 7.60. The van der Waals surface area contributed by atoms with Gasteiger partial charge in [0.05, 0.1) is 5.56 Å². The lowest BCUT2D eigenvalue weighted by Crippen LogP contribution is -2.32. The summed E-state index contributed by atoms with van der Waals surface area (Å²) in [6, 6.07) is 4.40. The Labute approximate surface area is 126 Å². The molecule has 1 unspecified atom stereocenters. The van der Waals surface area contributed by atoms with E-state index in [1.54, 1.807) is 6.07 Å². The maximum Gasteiger partial charge on any atom is 0.418 e. The van der Waals surface area contributed by atoms with Crippen molar-refractivity contribution < 1.29 is 13.2 Å². The van der Waals surface area contributed by atoms with E-state index in [0.29, 0.717) is 4.47 Å². The van der Waals surface area contributed by atoms with E-state index in [9.17, 15) is 13.2 Å². The van der Waals surface area contributed by atoms with Crippen LogP contribution >= 0.6 is 15.9 Å². The van der Waals surface area contributed by atoms with E-state index in [4.69, 9.17) is 0 Å². The standard InChI is InChI=1S/C15H19BrF3N/c1-14(2)7-3-4-11(9-14)20-13-6-5-10(16)8-12(13)15(17,18)19/h5-6,8,11,20H,3-4,7,9H2,1-2H3. The Morgan fingerprint density at radius 3 is 2.60 bits per heavy atom. The lowest BCUT2D eigenvalue weighted by atomic mass is 9.75. The van der Waals surface area contributed by atoms with Crippen molar-refractivity contribution in [3.8, 4) is 0 Å². The average Bonchev–Trinajstić information content (AvgIpc) is 2.29. The molecule has 20 heavy (non-hydrogen) atoms. The van der Waals surface area contributed by atoms with E-state index >= 15 is 0 Å². The molecule has 1 saturated carbocycles. The minimum atomic E-state index is -4.34. The van der Waals surface area contributed by atoms with Crippen molar-refractivity contribution in [3.05, 3.63) is 28.2 Å². The van der Waals surface area contributed by atoms with Crippen LogP contribution in [0.2, 0.25) is 0 Å². The summed E-state index contributed by atoms with van der Waals surface area (Å²) in [7, 11) is 0. The van der Waals surface area contributed by atoms with Crippen molar-refractivity contribution in [2.75, 3.05) is 5.32 Å². The summed E-state index contributed by atoms with van der Waals surface area (Å²) in [5.41, 5.74) is -0.220. The minimum Gasteiger partial charge on any atom is -0.382 e. The van der Waals surface area contributed by atoms with Crippen LogP contribution in [0.15, 0.2) is 22.7 Å². The van der Waals surface area contributed by atoms with Gasteiger partial charge in [-0.05, 0) is 42.9 Å². The fourth-order valence-electron chi connectivity index (χ4n) is 2.92. The van der Waals surface area contributed by atoms with Crippen molar-refractivity contribution >= 4 is 21.6 Å². The lowest BCUT2D eigenvalue weighted by molar-refractivity contribution is -0.137. The van der Waals surface area contributed by atoms with Gasteiger partial charge in [-0.2, -0.15) is 13.2 Å². The monoisotopic (exact) mass is 349 g/mol. The van der Waals surface area contributed by atoms with Crippen molar-refractivity contribution in [2.45, 2.75) is 51.7 Å². The topological polar surface area (TPSA) is 12.0 Å². The predicted molar refractivity (Wildman–Crippen MR) is 78.8 cm³/mol. The van der Waals surface area contributed by atoms with Gasteiger partial charge in [-0.3, -0.25) is 0 Å². The number of hydrogen-bond donors (Lipinski definition) is 1. The third-order valence-electron chi connectivity index (χ3n) is 3.85. The largest absolute Gasteiger partial charge is 0.418 e. The highest BCUT2D eigenvalue weighted by Gasteiger charge is 2.35. The Morgan fingerprint density at radius 2 is 2.00 bits per heavy atom. The summed E-state index contributed by atoms with van der Waals surface area (Å²) in [5.74, 6) is 0. The predicted octanol–water partition coefficient (Wildman–Crippen LogP) is 5.85. The fraction of sp³-hybridized carbons (Fsp3) is 0.600. The van der Waals surface area contributed by atoms with Gasteiger partial charge in [0.25, 0.3) is 0 Å². The third kappa shape index (κ3) is 3.90. The summed E-state index contributed by atoms with van der Waals surface area (Å²) < 4.78 is 39.7. The van der Waals surface area contributed by atoms with E-state index in [1.807, 2.05) is 0 Å². The van der Waals surface area contributed by atoms with E-state index in [1.165, 1.54) is 6.07 Å². The molecule has 0 bridgehead atoms. The molecule has 2 rings (SSSR count). The smallest absolute Gasteiger partial charge is 0.382 e. The number of halogens is 4. The molecule has 1 aromatic carbocycles. The summed E-state index contributed by atoms with van der Waals surface area (Å²) in [4.78, 5) is 0. The van der Waals surface area contributed by atoms with Crippen LogP contribution in [0.3, 0.4) is 0 Å². The zero-order valence-corrected chi connectivity index (χ0v) is 13.2. The van der Waals surface area contributed by atoms with E-state index < -0.39 is 11.7 Å². The van der Waals surface area contributed by atoms with Crippen LogP contribution in [0, 0.1) is 5.41 Å². The molecule has 1 nitrogen and oxygen atoms in total. The molecule has 0 radical (unpaired) electrons. The van der Waals surface area contributed by atoms with Gasteiger partial charge in [-0.1, -0.05) is 36.2 Å². The lowest BCUT2D eigenvalue weighted by Gasteiger charge is -2.36. The van der Waals surface area contributed by atoms with Crippen LogP contribution in [-0.2, 0) is 6.18 Å². The molecular formula is C15H19BrF3N. The zero-order chi connectivity index (χ0) is 15.0. The van der Waals surface area contributed by atoms with Crippen molar-refractivity contribution in [1.82, 2.24) is 0 Å². The second kappa shape index (κ2) is 5.58. The van der Waals surface area contributed by atoms with Gasteiger partial charge in [-0.25, -0.2) is 0 Å². The highest BCUT2D eigenvalue weighted by molar-refractivity contribution is 9.10. The highest BCUT2D eigenvalue weighted by Crippen LogP contribution is 2.40. The van der Waals surface area contributed by atoms with Gasteiger partial charge in [0.15, 0.2) is 0 Å². The SMILES string of the molecule is CC1(C)CCCC(Nc2ccc(Br)cc2C(F)(F)F)C1. The van der Waals surface area contributed by atoms with Gasteiger partial charge in [-0.15, -0.1) is 0 Å². The average molecular weight is 350 g/mol. The Morgan fingerprint density at radius 1 is 1.30 bits per heavy atom. The number of alkyl halides is 3. The highest BCUT2D eigenvalue weighted by atomic mass is 79.9. The van der Waals surface area contributed by atoms with Crippen LogP contribution in [-0.4, -0.2) is 6.04 Å². The molecule has 0 amide bonds. The van der Waals surface area contributed by atoms with Crippen LogP contribution in [0.5, 0.6) is 0 Å². The first kappa shape index (κ1) is 15.7. The second-order valence-corrected chi connectivity index (χ2v) is 7.21. The molecule has 1 aliphatic rings. The van der Waals surface area contributed by atoms with Gasteiger partial charge >= 0.3 is 6.18 Å². The van der Waals surface area contributed by atoms with Gasteiger partial charge in [0.2, 0.25) is 0 Å². The summed E-state index contributed by atoms with van der Waals surface area (Å²) in [5, 5.41) is 3.10. The number of nitrogens with one attached hydrogen (secondary N) is 1. The number of hydrogen-bond acceptors (Lipinski definition) is 1. The van der Waals surface area contributed by atoms with Crippen LogP contribution < -0.4 is 5.32 Å². The van der Waals surface area contributed by atoms with Crippen LogP contribution in [0.4, 0.5) is 18.9 Å². The first-order valence-electron chi connectivity index (χ1n) is 6.81. The molecule has 5 heteroatoms. The van der Waals surface area contributed by atoms with Crippen molar-refractivity contribution in [2.24, 2.45) is 5.41 Å². The summed E-state index contributed by atoms with van der Waals surface area (Å²) >= 11 is 3.10. The number of anilines is 1. The molecule has 112 valence electrons. The zero-order valence-electron chi connectivity index (χ0n) is 11.6. The van der Waals surface area contributed by atoms with E-state index in [-0.39, 0.29) is 17.1 Å². The molecular weight excluding hydrogens is 331 g/mol. The summed E-state index contributed by atoms with van der Waals surface area (Å²) in [6.07, 6.45) is -0.312. The minimum absolute atomic E-state index is 0.112. The van der Waals surface area contributed by atoms with Crippen LogP contribution in [0.1, 0.15) is 45.1 Å². The van der Waals surface area contributed by atoms with Crippen molar-refractivity contribution in [3.63, 3.8) is 0 Å². The Hall–Kier alpha value is -0.710. The number of benzene rings is 1. The maximum atomic E-state index is 13.1. The number of rotatable bonds is 2. The molecule has 0 saturated heterocycles. The molecule has 1 N–H and O–H groups in total. The van der Waals surface area contributed by atoms with Crippen LogP contribution in [0.25, 0.3) is 0 Å². The van der Waals surface area contributed by atoms with E-state index in [0.717, 1.165) is 31.7 Å². The Bertz CT molecular complexity index is 482. The molecule has 1 atom stereocenters. The Kier molecular flexibility index (Phi) is 4.38. The molecule has 0 heterocycles. The van der Waals surface area contributed by atoms with E-state index in [2.05, 4.69) is 35.1 Å².